The quantitative estimate of drug-likeness (QED) is 0.484. The van der Waals surface area contributed by atoms with Crippen molar-refractivity contribution in [2.24, 2.45) is 4.99 Å². The molecule has 0 aliphatic carbocycles. The Bertz CT molecular complexity index is 1020. The number of benzene rings is 2. The van der Waals surface area contributed by atoms with Gasteiger partial charge in [-0.25, -0.2) is 9.79 Å². The van der Waals surface area contributed by atoms with Crippen LogP contribution in [0.15, 0.2) is 82.2 Å². The zero-order chi connectivity index (χ0) is 17.9. The maximum atomic E-state index is 12.1. The van der Waals surface area contributed by atoms with E-state index in [-0.39, 0.29) is 5.70 Å². The second-order valence-corrected chi connectivity index (χ2v) is 6.72. The van der Waals surface area contributed by atoms with Gasteiger partial charge in [0.25, 0.3) is 0 Å². The first-order valence-corrected chi connectivity index (χ1v) is 8.81. The third-order valence-corrected chi connectivity index (χ3v) is 4.33. The lowest BCUT2D eigenvalue weighted by Crippen LogP contribution is -2.05. The Morgan fingerprint density at radius 1 is 1.12 bits per heavy atom. The summed E-state index contributed by atoms with van der Waals surface area (Å²) in [6, 6.07) is 17.5. The van der Waals surface area contributed by atoms with Crippen LogP contribution in [0.3, 0.4) is 0 Å². The number of carbonyl (C=O) groups is 1. The Morgan fingerprint density at radius 2 is 1.96 bits per heavy atom. The number of rotatable bonds is 4. The van der Waals surface area contributed by atoms with Crippen molar-refractivity contribution in [2.45, 2.75) is 6.54 Å². The van der Waals surface area contributed by atoms with E-state index in [1.165, 1.54) is 0 Å². The number of hydrogen-bond donors (Lipinski definition) is 0. The van der Waals surface area contributed by atoms with Crippen LogP contribution in [0.25, 0.3) is 6.08 Å². The molecule has 4 rings (SSSR count). The first-order chi connectivity index (χ1) is 12.7. The molecule has 0 N–H and O–H groups in total. The van der Waals surface area contributed by atoms with E-state index >= 15 is 0 Å². The fourth-order valence-corrected chi connectivity index (χ4v) is 3.02. The highest BCUT2D eigenvalue weighted by molar-refractivity contribution is 9.10. The van der Waals surface area contributed by atoms with Gasteiger partial charge in [-0.1, -0.05) is 52.3 Å². The second kappa shape index (κ2) is 7.09. The van der Waals surface area contributed by atoms with Crippen molar-refractivity contribution in [2.75, 3.05) is 0 Å². The van der Waals surface area contributed by atoms with Crippen LogP contribution in [-0.2, 0) is 16.1 Å². The number of halogens is 1. The highest BCUT2D eigenvalue weighted by Crippen LogP contribution is 2.21. The van der Waals surface area contributed by atoms with Crippen LogP contribution in [0.2, 0.25) is 0 Å². The predicted molar refractivity (Wildman–Crippen MR) is 103 cm³/mol. The molecular formula is C20H14BrN3O2. The molecule has 3 aromatic rings. The van der Waals surface area contributed by atoms with Crippen molar-refractivity contribution in [3.8, 4) is 0 Å². The van der Waals surface area contributed by atoms with Gasteiger partial charge in [-0.3, -0.25) is 4.68 Å². The molecule has 0 bridgehead atoms. The molecular weight excluding hydrogens is 394 g/mol. The van der Waals surface area contributed by atoms with Crippen LogP contribution in [0.4, 0.5) is 0 Å². The van der Waals surface area contributed by atoms with Crippen molar-refractivity contribution in [3.63, 3.8) is 0 Å². The number of hydrogen-bond acceptors (Lipinski definition) is 4. The van der Waals surface area contributed by atoms with Crippen molar-refractivity contribution in [1.29, 1.82) is 0 Å². The summed E-state index contributed by atoms with van der Waals surface area (Å²) in [7, 11) is 0. The van der Waals surface area contributed by atoms with Crippen molar-refractivity contribution in [1.82, 2.24) is 9.78 Å². The average molecular weight is 408 g/mol. The van der Waals surface area contributed by atoms with Crippen molar-refractivity contribution >= 4 is 33.9 Å². The largest absolute Gasteiger partial charge is 0.402 e. The molecule has 0 spiro atoms. The zero-order valence-electron chi connectivity index (χ0n) is 13.7. The van der Waals surface area contributed by atoms with E-state index in [9.17, 15) is 4.79 Å². The van der Waals surface area contributed by atoms with Crippen LogP contribution in [0.5, 0.6) is 0 Å². The van der Waals surface area contributed by atoms with Gasteiger partial charge in [0.2, 0.25) is 5.90 Å². The molecule has 0 atom stereocenters. The SMILES string of the molecule is O=C1OC(c2cccc(Br)c2)=NC1=Cc1cnn(Cc2ccccc2)c1. The molecule has 1 aliphatic rings. The normalized spacial score (nSPS) is 15.2. The molecule has 2 aromatic carbocycles. The Labute approximate surface area is 158 Å². The number of nitrogens with zero attached hydrogens (tertiary/aromatic N) is 3. The van der Waals surface area contributed by atoms with Gasteiger partial charge in [-0.15, -0.1) is 0 Å². The first kappa shape index (κ1) is 16.5. The van der Waals surface area contributed by atoms with Gasteiger partial charge in [0.15, 0.2) is 5.70 Å². The standard InChI is InChI=1S/C20H14BrN3O2/c21-17-8-4-7-16(10-17)19-23-18(20(25)26-19)9-15-11-22-24(13-15)12-14-5-2-1-3-6-14/h1-11,13H,12H2. The predicted octanol–water partition coefficient (Wildman–Crippen LogP) is 4.04. The van der Waals surface area contributed by atoms with E-state index in [4.69, 9.17) is 4.74 Å². The molecule has 128 valence electrons. The van der Waals surface area contributed by atoms with Crippen molar-refractivity contribution in [3.05, 3.63) is 93.9 Å². The summed E-state index contributed by atoms with van der Waals surface area (Å²) < 4.78 is 8.00. The summed E-state index contributed by atoms with van der Waals surface area (Å²) in [5.74, 6) is -0.157. The molecule has 2 heterocycles. The molecule has 1 aliphatic heterocycles. The number of ether oxygens (including phenoxy) is 1. The monoisotopic (exact) mass is 407 g/mol. The Hall–Kier alpha value is -2.99. The molecule has 0 saturated heterocycles. The van der Waals surface area contributed by atoms with Crippen LogP contribution >= 0.6 is 15.9 Å². The van der Waals surface area contributed by atoms with Crippen molar-refractivity contribution < 1.29 is 9.53 Å². The van der Waals surface area contributed by atoms with Gasteiger partial charge >= 0.3 is 5.97 Å². The lowest BCUT2D eigenvalue weighted by atomic mass is 10.2. The summed E-state index contributed by atoms with van der Waals surface area (Å²) in [6.07, 6.45) is 5.26. The fraction of sp³-hybridized carbons (Fsp3) is 0.0500. The second-order valence-electron chi connectivity index (χ2n) is 5.80. The highest BCUT2D eigenvalue weighted by atomic mass is 79.9. The maximum Gasteiger partial charge on any atom is 0.363 e. The third-order valence-electron chi connectivity index (χ3n) is 3.84. The third kappa shape index (κ3) is 3.65. The zero-order valence-corrected chi connectivity index (χ0v) is 15.3. The number of aliphatic imine (C=N–C) groups is 1. The fourth-order valence-electron chi connectivity index (χ4n) is 2.62. The molecule has 26 heavy (non-hydrogen) atoms. The molecule has 5 nitrogen and oxygen atoms in total. The van der Waals surface area contributed by atoms with E-state index in [1.54, 1.807) is 12.3 Å². The van der Waals surface area contributed by atoms with E-state index in [0.29, 0.717) is 12.4 Å². The van der Waals surface area contributed by atoms with Gasteiger partial charge in [0.1, 0.15) is 0 Å². The minimum atomic E-state index is -0.462. The van der Waals surface area contributed by atoms with Crippen LogP contribution in [-0.4, -0.2) is 21.6 Å². The van der Waals surface area contributed by atoms with E-state index < -0.39 is 5.97 Å². The van der Waals surface area contributed by atoms with E-state index in [2.05, 4.69) is 26.0 Å². The van der Waals surface area contributed by atoms with Gasteiger partial charge < -0.3 is 4.74 Å². The van der Waals surface area contributed by atoms with E-state index in [0.717, 1.165) is 21.2 Å². The molecule has 1 aromatic heterocycles. The Balaban J connectivity index is 1.55. The summed E-state index contributed by atoms with van der Waals surface area (Å²) in [6.45, 7) is 0.668. The van der Waals surface area contributed by atoms with Gasteiger partial charge in [-0.05, 0) is 29.8 Å². The van der Waals surface area contributed by atoms with Crippen LogP contribution in [0, 0.1) is 0 Å². The number of esters is 1. The lowest BCUT2D eigenvalue weighted by molar-refractivity contribution is -0.129. The molecule has 0 radical (unpaired) electrons. The number of cyclic esters (lactones) is 1. The Morgan fingerprint density at radius 3 is 2.77 bits per heavy atom. The number of aromatic nitrogens is 2. The minimum absolute atomic E-state index is 0.263. The van der Waals surface area contributed by atoms with E-state index in [1.807, 2.05) is 65.5 Å². The molecule has 0 unspecified atom stereocenters. The molecule has 0 amide bonds. The van der Waals surface area contributed by atoms with Gasteiger partial charge in [-0.2, -0.15) is 5.10 Å². The average Bonchev–Trinajstić information content (AvgIpc) is 3.23. The smallest absolute Gasteiger partial charge is 0.363 e. The summed E-state index contributed by atoms with van der Waals surface area (Å²) in [5, 5.41) is 4.33. The number of carbonyl (C=O) groups excluding carboxylic acids is 1. The van der Waals surface area contributed by atoms with Crippen LogP contribution in [0.1, 0.15) is 16.7 Å². The highest BCUT2D eigenvalue weighted by Gasteiger charge is 2.24. The summed E-state index contributed by atoms with van der Waals surface area (Å²) >= 11 is 3.40. The molecule has 0 saturated carbocycles. The van der Waals surface area contributed by atoms with Gasteiger partial charge in [0.05, 0.1) is 12.7 Å². The first-order valence-electron chi connectivity index (χ1n) is 8.02. The van der Waals surface area contributed by atoms with Crippen LogP contribution < -0.4 is 0 Å². The summed E-state index contributed by atoms with van der Waals surface area (Å²) in [5.41, 5.74) is 2.97. The Kier molecular flexibility index (Phi) is 4.50. The van der Waals surface area contributed by atoms with Gasteiger partial charge in [0, 0.05) is 21.8 Å². The molecule has 0 fully saturated rings. The lowest BCUT2D eigenvalue weighted by Gasteiger charge is -2.00. The minimum Gasteiger partial charge on any atom is -0.402 e. The molecule has 6 heteroatoms. The maximum absolute atomic E-state index is 12.1. The topological polar surface area (TPSA) is 56.5 Å². The summed E-state index contributed by atoms with van der Waals surface area (Å²) in [4.78, 5) is 16.4.